The van der Waals surface area contributed by atoms with Gasteiger partial charge in [0.05, 0.1) is 25.8 Å². The van der Waals surface area contributed by atoms with Gasteiger partial charge in [-0.2, -0.15) is 0 Å². The Hall–Kier alpha value is -2.26. The summed E-state index contributed by atoms with van der Waals surface area (Å²) in [5.41, 5.74) is 3.78. The summed E-state index contributed by atoms with van der Waals surface area (Å²) in [6.45, 7) is 6.65. The van der Waals surface area contributed by atoms with Crippen LogP contribution in [0.5, 0.6) is 11.5 Å². The first kappa shape index (κ1) is 27.8. The Balaban J connectivity index is 1.41. The molecule has 0 bridgehead atoms. The minimum absolute atomic E-state index is 0.0425. The van der Waals surface area contributed by atoms with E-state index in [1.807, 2.05) is 48.0 Å². The van der Waals surface area contributed by atoms with Crippen LogP contribution in [0.15, 0.2) is 36.4 Å². The monoisotopic (exact) mass is 528 g/mol. The second-order valence-corrected chi connectivity index (χ2v) is 10.9. The number of aryl methyl sites for hydroxylation is 2. The van der Waals surface area contributed by atoms with E-state index in [9.17, 15) is 4.79 Å². The van der Waals surface area contributed by atoms with Gasteiger partial charge in [0.1, 0.15) is 23.7 Å². The highest BCUT2D eigenvalue weighted by Gasteiger charge is 2.38. The number of ether oxygens (including phenoxy) is 4. The van der Waals surface area contributed by atoms with Crippen LogP contribution in [-0.2, 0) is 21.6 Å². The molecule has 2 unspecified atom stereocenters. The predicted octanol–water partition coefficient (Wildman–Crippen LogP) is 4.74. The number of nitrogens with zero attached hydrogens (tertiary/aromatic N) is 2. The number of carbonyl (C=O) groups excluding carboxylic acids is 1. The van der Waals surface area contributed by atoms with E-state index in [4.69, 9.17) is 18.9 Å². The highest BCUT2D eigenvalue weighted by Crippen LogP contribution is 2.31. The Morgan fingerprint density at radius 1 is 1.14 bits per heavy atom. The van der Waals surface area contributed by atoms with Gasteiger partial charge >= 0.3 is 0 Å². The molecule has 0 aliphatic carbocycles. The lowest BCUT2D eigenvalue weighted by atomic mass is 10.0. The minimum atomic E-state index is -0.248. The van der Waals surface area contributed by atoms with Crippen LogP contribution >= 0.6 is 11.9 Å². The van der Waals surface area contributed by atoms with Crippen molar-refractivity contribution in [3.63, 3.8) is 0 Å². The number of rotatable bonds is 10. The summed E-state index contributed by atoms with van der Waals surface area (Å²) in [4.78, 5) is 15.5. The van der Waals surface area contributed by atoms with Crippen LogP contribution in [0.25, 0.3) is 0 Å². The van der Waals surface area contributed by atoms with Crippen molar-refractivity contribution in [3.8, 4) is 11.5 Å². The number of carbonyl (C=O) groups is 1. The largest absolute Gasteiger partial charge is 0.496 e. The van der Waals surface area contributed by atoms with Gasteiger partial charge in [0.15, 0.2) is 0 Å². The Morgan fingerprint density at radius 3 is 2.59 bits per heavy atom. The molecule has 0 saturated carbocycles. The van der Waals surface area contributed by atoms with E-state index in [0.717, 1.165) is 55.1 Å². The molecule has 4 rings (SSSR count). The predicted molar refractivity (Wildman–Crippen MR) is 148 cm³/mol. The number of benzene rings is 2. The first-order valence-electron chi connectivity index (χ1n) is 13.1. The van der Waals surface area contributed by atoms with Crippen molar-refractivity contribution < 1.29 is 23.7 Å². The fourth-order valence-corrected chi connectivity index (χ4v) is 6.08. The van der Waals surface area contributed by atoms with Crippen molar-refractivity contribution in [2.45, 2.75) is 57.1 Å². The average molecular weight is 529 g/mol. The number of hydrogen-bond acceptors (Lipinski definition) is 7. The van der Waals surface area contributed by atoms with E-state index in [1.54, 1.807) is 14.2 Å². The van der Waals surface area contributed by atoms with Crippen molar-refractivity contribution in [2.24, 2.45) is 0 Å². The maximum absolute atomic E-state index is 13.6. The minimum Gasteiger partial charge on any atom is -0.496 e. The second kappa shape index (κ2) is 13.0. The maximum Gasteiger partial charge on any atom is 0.258 e. The van der Waals surface area contributed by atoms with E-state index in [-0.39, 0.29) is 18.1 Å². The van der Waals surface area contributed by atoms with Crippen molar-refractivity contribution in [1.82, 2.24) is 9.21 Å². The zero-order valence-corrected chi connectivity index (χ0v) is 23.5. The molecule has 0 spiro atoms. The van der Waals surface area contributed by atoms with Crippen LogP contribution in [0.1, 0.15) is 46.8 Å². The summed E-state index contributed by atoms with van der Waals surface area (Å²) in [5, 5.41) is 0. The third-order valence-corrected chi connectivity index (χ3v) is 8.55. The Labute approximate surface area is 225 Å². The smallest absolute Gasteiger partial charge is 0.258 e. The first-order chi connectivity index (χ1) is 17.9. The van der Waals surface area contributed by atoms with Gasteiger partial charge in [0.25, 0.3) is 5.91 Å². The molecule has 2 aliphatic rings. The van der Waals surface area contributed by atoms with Gasteiger partial charge < -0.3 is 23.8 Å². The van der Waals surface area contributed by atoms with Crippen molar-refractivity contribution in [3.05, 3.63) is 58.7 Å². The lowest BCUT2D eigenvalue weighted by molar-refractivity contribution is 0.0339. The standard InChI is InChI=1S/C29H40N2O5S/c1-6-22-11-10-20(2)27(28(22)34-5)29(32)31-17-25(33-4)26(18-31)36-24-9-7-8-21(16-24)19-37-30(3)23-12-14-35-15-13-23/h7-11,16,23,25-26H,6,12-15,17-19H2,1-5H3. The molecule has 2 saturated heterocycles. The zero-order chi connectivity index (χ0) is 26.4. The van der Waals surface area contributed by atoms with E-state index >= 15 is 0 Å². The van der Waals surface area contributed by atoms with Crippen molar-refractivity contribution in [2.75, 3.05) is 47.6 Å². The van der Waals surface area contributed by atoms with Gasteiger partial charge in [-0.1, -0.05) is 43.1 Å². The molecule has 7 nitrogen and oxygen atoms in total. The topological polar surface area (TPSA) is 60.5 Å². The van der Waals surface area contributed by atoms with Crippen molar-refractivity contribution in [1.29, 1.82) is 0 Å². The fourth-order valence-electron chi connectivity index (χ4n) is 5.12. The van der Waals surface area contributed by atoms with Gasteiger partial charge in [-0.05, 0) is 62.1 Å². The van der Waals surface area contributed by atoms with Crippen LogP contribution in [0.3, 0.4) is 0 Å². The highest BCUT2D eigenvalue weighted by molar-refractivity contribution is 7.96. The molecular weight excluding hydrogens is 488 g/mol. The molecule has 0 aromatic heterocycles. The first-order valence-corrected chi connectivity index (χ1v) is 14.1. The summed E-state index contributed by atoms with van der Waals surface area (Å²) < 4.78 is 25.7. The highest BCUT2D eigenvalue weighted by atomic mass is 32.2. The molecule has 2 atom stereocenters. The number of amides is 1. The summed E-state index contributed by atoms with van der Waals surface area (Å²) in [6.07, 6.45) is 2.51. The van der Waals surface area contributed by atoms with Gasteiger partial charge in [-0.3, -0.25) is 9.10 Å². The molecule has 2 aromatic carbocycles. The molecule has 1 amide bonds. The zero-order valence-electron chi connectivity index (χ0n) is 22.7. The third-order valence-electron chi connectivity index (χ3n) is 7.38. The van der Waals surface area contributed by atoms with Gasteiger partial charge in [0.2, 0.25) is 0 Å². The fraction of sp³-hybridized carbons (Fsp3) is 0.552. The van der Waals surface area contributed by atoms with Gasteiger partial charge in [0, 0.05) is 32.1 Å². The van der Waals surface area contributed by atoms with Crippen LogP contribution in [0, 0.1) is 6.92 Å². The normalized spacial score (nSPS) is 20.4. The molecule has 0 radical (unpaired) electrons. The number of likely N-dealkylation sites (tertiary alicyclic amines) is 1. The van der Waals surface area contributed by atoms with E-state index in [2.05, 4.69) is 30.4 Å². The van der Waals surface area contributed by atoms with Gasteiger partial charge in [-0.25, -0.2) is 0 Å². The average Bonchev–Trinajstić information content (AvgIpc) is 3.34. The van der Waals surface area contributed by atoms with Crippen LogP contribution in [0.2, 0.25) is 0 Å². The van der Waals surface area contributed by atoms with Crippen LogP contribution < -0.4 is 9.47 Å². The molecular formula is C29H40N2O5S. The second-order valence-electron chi connectivity index (χ2n) is 9.75. The summed E-state index contributed by atoms with van der Waals surface area (Å²) in [7, 11) is 5.48. The molecule has 0 N–H and O–H groups in total. The maximum atomic E-state index is 13.6. The molecule has 37 heavy (non-hydrogen) atoms. The van der Waals surface area contributed by atoms with E-state index < -0.39 is 0 Å². The van der Waals surface area contributed by atoms with Crippen molar-refractivity contribution >= 4 is 17.9 Å². The number of hydrogen-bond donors (Lipinski definition) is 0. The SMILES string of the molecule is CCc1ccc(C)c(C(=O)N2CC(OC)C(Oc3cccc(CSN(C)C4CCOCC4)c3)C2)c1OC. The molecule has 202 valence electrons. The molecule has 2 heterocycles. The van der Waals surface area contributed by atoms with Crippen LogP contribution in [0.4, 0.5) is 0 Å². The third kappa shape index (κ3) is 6.60. The van der Waals surface area contributed by atoms with Gasteiger partial charge in [-0.15, -0.1) is 0 Å². The van der Waals surface area contributed by atoms with E-state index in [1.165, 1.54) is 5.56 Å². The molecule has 8 heteroatoms. The Morgan fingerprint density at radius 2 is 1.89 bits per heavy atom. The summed E-state index contributed by atoms with van der Waals surface area (Å²) >= 11 is 1.83. The van der Waals surface area contributed by atoms with Crippen LogP contribution in [-0.4, -0.2) is 80.9 Å². The number of methoxy groups -OCH3 is 2. The lowest BCUT2D eigenvalue weighted by Gasteiger charge is -2.30. The lowest BCUT2D eigenvalue weighted by Crippen LogP contribution is -2.32. The molecule has 2 aliphatic heterocycles. The molecule has 2 aromatic rings. The summed E-state index contributed by atoms with van der Waals surface area (Å²) in [6, 6.07) is 12.8. The Bertz CT molecular complexity index is 1060. The molecule has 2 fully saturated rings. The quantitative estimate of drug-likeness (QED) is 0.413. The summed E-state index contributed by atoms with van der Waals surface area (Å²) in [5.74, 6) is 2.30. The van der Waals surface area contributed by atoms with E-state index in [0.29, 0.717) is 30.4 Å². The Kier molecular flexibility index (Phi) is 9.76.